The summed E-state index contributed by atoms with van der Waals surface area (Å²) >= 11 is 2.10. The molecule has 0 spiro atoms. The van der Waals surface area contributed by atoms with Crippen molar-refractivity contribution in [2.75, 3.05) is 24.7 Å². The third kappa shape index (κ3) is 3.66. The van der Waals surface area contributed by atoms with Gasteiger partial charge in [0, 0.05) is 6.54 Å². The Morgan fingerprint density at radius 1 is 1.31 bits per heavy atom. The van der Waals surface area contributed by atoms with Gasteiger partial charge in [-0.15, -0.1) is 12.4 Å². The van der Waals surface area contributed by atoms with Gasteiger partial charge < -0.3 is 4.74 Å². The fraction of sp³-hybridized carbons (Fsp3) is 1.00. The SMILES string of the molecule is C1COC(CC2CCSCC2)N1.Cl. The summed E-state index contributed by atoms with van der Waals surface area (Å²) < 4.78 is 5.54. The van der Waals surface area contributed by atoms with E-state index >= 15 is 0 Å². The highest BCUT2D eigenvalue weighted by molar-refractivity contribution is 7.99. The molecular weight excluding hydrogens is 206 g/mol. The van der Waals surface area contributed by atoms with Gasteiger partial charge in [0.1, 0.15) is 6.23 Å². The molecule has 2 aliphatic heterocycles. The Morgan fingerprint density at radius 2 is 2.08 bits per heavy atom. The topological polar surface area (TPSA) is 21.3 Å². The maximum absolute atomic E-state index is 5.54. The predicted octanol–water partition coefficient (Wildman–Crippen LogP) is 1.89. The van der Waals surface area contributed by atoms with E-state index in [1.807, 2.05) is 0 Å². The molecule has 2 aliphatic rings. The summed E-state index contributed by atoms with van der Waals surface area (Å²) in [5, 5.41) is 3.37. The molecule has 0 saturated carbocycles. The van der Waals surface area contributed by atoms with Crippen LogP contribution in [-0.4, -0.2) is 30.9 Å². The second kappa shape index (κ2) is 6.12. The molecule has 2 rings (SSSR count). The number of hydrogen-bond donors (Lipinski definition) is 1. The second-order valence-electron chi connectivity index (χ2n) is 3.61. The molecule has 2 heterocycles. The molecule has 0 bridgehead atoms. The zero-order valence-electron chi connectivity index (χ0n) is 7.83. The smallest absolute Gasteiger partial charge is 0.108 e. The van der Waals surface area contributed by atoms with E-state index in [4.69, 9.17) is 4.74 Å². The van der Waals surface area contributed by atoms with Gasteiger partial charge in [0.15, 0.2) is 0 Å². The van der Waals surface area contributed by atoms with Crippen molar-refractivity contribution in [3.8, 4) is 0 Å². The van der Waals surface area contributed by atoms with Gasteiger partial charge in [0.2, 0.25) is 0 Å². The first-order chi connectivity index (χ1) is 5.95. The van der Waals surface area contributed by atoms with Gasteiger partial charge in [-0.1, -0.05) is 0 Å². The Labute approximate surface area is 90.6 Å². The highest BCUT2D eigenvalue weighted by Gasteiger charge is 2.21. The summed E-state index contributed by atoms with van der Waals surface area (Å²) in [5.74, 6) is 3.64. The molecule has 1 atom stereocenters. The zero-order chi connectivity index (χ0) is 8.23. The molecule has 0 aromatic heterocycles. The Morgan fingerprint density at radius 3 is 2.69 bits per heavy atom. The van der Waals surface area contributed by atoms with Crippen LogP contribution in [0.2, 0.25) is 0 Å². The molecular formula is C9H18ClNOS. The first-order valence-electron chi connectivity index (χ1n) is 4.88. The standard InChI is InChI=1S/C9H17NOS.ClH/c1-5-12-6-2-8(1)7-9-10-3-4-11-9;/h8-10H,1-7H2;1H. The summed E-state index contributed by atoms with van der Waals surface area (Å²) in [5.41, 5.74) is 0. The summed E-state index contributed by atoms with van der Waals surface area (Å²) in [7, 11) is 0. The predicted molar refractivity (Wildman–Crippen MR) is 59.7 cm³/mol. The first kappa shape index (κ1) is 11.6. The van der Waals surface area contributed by atoms with Crippen molar-refractivity contribution >= 4 is 24.2 Å². The molecule has 0 aliphatic carbocycles. The van der Waals surface area contributed by atoms with E-state index in [2.05, 4.69) is 17.1 Å². The molecule has 0 amide bonds. The van der Waals surface area contributed by atoms with Gasteiger partial charge in [0.05, 0.1) is 6.61 Å². The normalized spacial score (nSPS) is 30.0. The van der Waals surface area contributed by atoms with E-state index in [1.54, 1.807) is 0 Å². The largest absolute Gasteiger partial charge is 0.362 e. The summed E-state index contributed by atoms with van der Waals surface area (Å²) in [6.45, 7) is 1.96. The molecule has 1 unspecified atom stereocenters. The zero-order valence-corrected chi connectivity index (χ0v) is 9.46. The lowest BCUT2D eigenvalue weighted by Gasteiger charge is -2.23. The first-order valence-corrected chi connectivity index (χ1v) is 6.03. The number of ether oxygens (including phenoxy) is 1. The van der Waals surface area contributed by atoms with E-state index in [9.17, 15) is 0 Å². The summed E-state index contributed by atoms with van der Waals surface area (Å²) in [4.78, 5) is 0. The number of halogens is 1. The molecule has 2 fully saturated rings. The molecule has 78 valence electrons. The van der Waals surface area contributed by atoms with Gasteiger partial charge in [-0.25, -0.2) is 0 Å². The third-order valence-corrected chi connectivity index (χ3v) is 3.73. The average Bonchev–Trinajstić information content (AvgIpc) is 2.59. The lowest BCUT2D eigenvalue weighted by molar-refractivity contribution is 0.0782. The lowest BCUT2D eigenvalue weighted by Crippen LogP contribution is -2.27. The van der Waals surface area contributed by atoms with Crippen LogP contribution in [0.3, 0.4) is 0 Å². The number of thioether (sulfide) groups is 1. The van der Waals surface area contributed by atoms with Crippen molar-refractivity contribution in [1.82, 2.24) is 5.32 Å². The molecule has 2 saturated heterocycles. The highest BCUT2D eigenvalue weighted by atomic mass is 35.5. The van der Waals surface area contributed by atoms with Gasteiger partial charge in [-0.3, -0.25) is 5.32 Å². The molecule has 0 radical (unpaired) electrons. The van der Waals surface area contributed by atoms with Crippen LogP contribution in [-0.2, 0) is 4.74 Å². The number of nitrogens with one attached hydrogen (secondary N) is 1. The van der Waals surface area contributed by atoms with Gasteiger partial charge in [0.25, 0.3) is 0 Å². The van der Waals surface area contributed by atoms with Crippen molar-refractivity contribution in [2.45, 2.75) is 25.5 Å². The lowest BCUT2D eigenvalue weighted by atomic mass is 9.98. The van der Waals surface area contributed by atoms with Crippen LogP contribution < -0.4 is 5.32 Å². The van der Waals surface area contributed by atoms with Crippen molar-refractivity contribution in [1.29, 1.82) is 0 Å². The number of rotatable bonds is 2. The molecule has 0 aromatic rings. The molecule has 2 nitrogen and oxygen atoms in total. The van der Waals surface area contributed by atoms with Gasteiger partial charge in [-0.05, 0) is 36.7 Å². The van der Waals surface area contributed by atoms with Crippen molar-refractivity contribution in [2.24, 2.45) is 5.92 Å². The van der Waals surface area contributed by atoms with E-state index in [0.29, 0.717) is 6.23 Å². The minimum atomic E-state index is 0. The van der Waals surface area contributed by atoms with Crippen LogP contribution in [0.4, 0.5) is 0 Å². The van der Waals surface area contributed by atoms with Crippen molar-refractivity contribution in [3.63, 3.8) is 0 Å². The van der Waals surface area contributed by atoms with Crippen LogP contribution in [0, 0.1) is 5.92 Å². The minimum Gasteiger partial charge on any atom is -0.362 e. The average molecular weight is 224 g/mol. The Balaban J connectivity index is 0.000000845. The molecule has 1 N–H and O–H groups in total. The second-order valence-corrected chi connectivity index (χ2v) is 4.83. The van der Waals surface area contributed by atoms with E-state index in [1.165, 1.54) is 30.8 Å². The van der Waals surface area contributed by atoms with E-state index < -0.39 is 0 Å². The fourth-order valence-corrected chi connectivity index (χ4v) is 3.12. The molecule has 0 aromatic carbocycles. The Bertz CT molecular complexity index is 136. The molecule has 13 heavy (non-hydrogen) atoms. The summed E-state index contributed by atoms with van der Waals surface area (Å²) in [6.07, 6.45) is 4.40. The van der Waals surface area contributed by atoms with Crippen LogP contribution >= 0.6 is 24.2 Å². The maximum Gasteiger partial charge on any atom is 0.108 e. The van der Waals surface area contributed by atoms with E-state index in [-0.39, 0.29) is 12.4 Å². The molecule has 4 heteroatoms. The Hall–Kier alpha value is 0.560. The summed E-state index contributed by atoms with van der Waals surface area (Å²) in [6, 6.07) is 0. The van der Waals surface area contributed by atoms with Crippen molar-refractivity contribution < 1.29 is 4.74 Å². The van der Waals surface area contributed by atoms with Crippen molar-refractivity contribution in [3.05, 3.63) is 0 Å². The third-order valence-electron chi connectivity index (χ3n) is 2.68. The van der Waals surface area contributed by atoms with E-state index in [0.717, 1.165) is 19.1 Å². The van der Waals surface area contributed by atoms with Gasteiger partial charge in [-0.2, -0.15) is 11.8 Å². The quantitative estimate of drug-likeness (QED) is 0.773. The minimum absolute atomic E-state index is 0. The monoisotopic (exact) mass is 223 g/mol. The fourth-order valence-electron chi connectivity index (χ4n) is 1.92. The van der Waals surface area contributed by atoms with Crippen LogP contribution in [0.25, 0.3) is 0 Å². The Kier molecular flexibility index (Phi) is 5.48. The van der Waals surface area contributed by atoms with Crippen LogP contribution in [0.1, 0.15) is 19.3 Å². The van der Waals surface area contributed by atoms with Gasteiger partial charge >= 0.3 is 0 Å². The maximum atomic E-state index is 5.54. The van der Waals surface area contributed by atoms with Crippen LogP contribution in [0.15, 0.2) is 0 Å². The van der Waals surface area contributed by atoms with Crippen LogP contribution in [0.5, 0.6) is 0 Å². The highest BCUT2D eigenvalue weighted by Crippen LogP contribution is 2.26. The number of hydrogen-bond acceptors (Lipinski definition) is 3.